The summed E-state index contributed by atoms with van der Waals surface area (Å²) in [5, 5.41) is 8.54. The van der Waals surface area contributed by atoms with E-state index in [9.17, 15) is 14.4 Å². The third kappa shape index (κ3) is 4.98. The molecule has 0 spiro atoms. The van der Waals surface area contributed by atoms with E-state index in [1.165, 1.54) is 9.58 Å². The third-order valence-corrected chi connectivity index (χ3v) is 6.57. The van der Waals surface area contributed by atoms with E-state index in [1.54, 1.807) is 42.5 Å². The van der Waals surface area contributed by atoms with Gasteiger partial charge in [-0.2, -0.15) is 9.78 Å². The Kier molecular flexibility index (Phi) is 7.14. The molecular weight excluding hydrogens is 500 g/mol. The molecule has 2 heterocycles. The number of hydrogen-bond donors (Lipinski definition) is 3. The smallest absolute Gasteiger partial charge is 0.356 e. The van der Waals surface area contributed by atoms with E-state index in [0.29, 0.717) is 29.5 Å². The molecule has 191 valence electrons. The van der Waals surface area contributed by atoms with E-state index in [0.717, 1.165) is 16.6 Å². The van der Waals surface area contributed by atoms with Gasteiger partial charge in [0.1, 0.15) is 0 Å². The molecule has 3 N–H and O–H groups in total. The van der Waals surface area contributed by atoms with Crippen LogP contribution in [0.2, 0.25) is 0 Å². The van der Waals surface area contributed by atoms with Crippen LogP contribution in [-0.2, 0) is 12.8 Å². The maximum absolute atomic E-state index is 12.9. The highest BCUT2D eigenvalue weighted by Crippen LogP contribution is 2.23. The van der Waals surface area contributed by atoms with Crippen LogP contribution in [0, 0.1) is 6.07 Å². The number of nitrogens with one attached hydrogen (secondary N) is 3. The Morgan fingerprint density at radius 3 is 2.37 bits per heavy atom. The van der Waals surface area contributed by atoms with Gasteiger partial charge in [0.2, 0.25) is 0 Å². The Balaban J connectivity index is 1.28. The Bertz CT molecular complexity index is 1500. The molecule has 9 nitrogen and oxygen atoms in total. The zero-order valence-electron chi connectivity index (χ0n) is 20.6. The number of benzene rings is 3. The van der Waals surface area contributed by atoms with Crippen molar-refractivity contribution in [2.45, 2.75) is 25.8 Å². The van der Waals surface area contributed by atoms with Crippen LogP contribution in [0.5, 0.6) is 0 Å². The zero-order valence-corrected chi connectivity index (χ0v) is 21.4. The first kappa shape index (κ1) is 25.1. The second-order valence-electron chi connectivity index (χ2n) is 8.84. The second kappa shape index (κ2) is 10.8. The number of fused-ring (bicyclic) bond motifs is 2. The quantitative estimate of drug-likeness (QED) is 0.202. The van der Waals surface area contributed by atoms with Gasteiger partial charge in [-0.15, -0.1) is 0 Å². The van der Waals surface area contributed by atoms with Crippen LogP contribution in [0.15, 0.2) is 72.8 Å². The summed E-state index contributed by atoms with van der Waals surface area (Å²) in [6, 6.07) is 23.8. The number of carbonyl (C=O) groups is 3. The number of rotatable bonds is 6. The molecule has 0 saturated heterocycles. The fourth-order valence-electron chi connectivity index (χ4n) is 4.55. The lowest BCUT2D eigenvalue weighted by molar-refractivity contribution is 0.0641. The normalized spacial score (nSPS) is 13.3. The van der Waals surface area contributed by atoms with E-state index < -0.39 is 12.1 Å². The topological polar surface area (TPSA) is 108 Å². The molecule has 1 aliphatic heterocycles. The van der Waals surface area contributed by atoms with Crippen molar-refractivity contribution in [3.8, 4) is 0 Å². The zero-order chi connectivity index (χ0) is 26.6. The number of thiocarbonyl (C=S) groups is 1. The largest absolute Gasteiger partial charge is 0.361 e. The van der Waals surface area contributed by atoms with E-state index in [-0.39, 0.29) is 23.5 Å². The number of aromatic nitrogens is 2. The minimum Gasteiger partial charge on any atom is -0.356 e. The third-order valence-electron chi connectivity index (χ3n) is 6.35. The molecule has 0 unspecified atom stereocenters. The second-order valence-corrected chi connectivity index (χ2v) is 9.25. The number of nitrogens with zero attached hydrogens (tertiary/aromatic N) is 3. The molecule has 1 aliphatic rings. The molecule has 0 saturated carbocycles. The average Bonchev–Trinajstić information content (AvgIpc) is 3.43. The molecule has 1 aromatic heterocycles. The molecule has 10 heteroatoms. The monoisotopic (exact) mass is 525 g/mol. The Morgan fingerprint density at radius 2 is 1.68 bits per heavy atom. The fraction of sp³-hybridized carbons (Fsp3) is 0.179. The van der Waals surface area contributed by atoms with Gasteiger partial charge >= 0.3 is 6.03 Å². The number of imide groups is 1. The Morgan fingerprint density at radius 1 is 1.00 bits per heavy atom. The molecule has 5 rings (SSSR count). The van der Waals surface area contributed by atoms with Gasteiger partial charge in [-0.05, 0) is 61.0 Å². The summed E-state index contributed by atoms with van der Waals surface area (Å²) < 4.78 is 1.28. The van der Waals surface area contributed by atoms with Crippen molar-refractivity contribution in [1.29, 1.82) is 0 Å². The molecule has 3 amide bonds. The van der Waals surface area contributed by atoms with Crippen molar-refractivity contribution >= 4 is 46.1 Å². The summed E-state index contributed by atoms with van der Waals surface area (Å²) in [6.45, 7) is 2.06. The van der Waals surface area contributed by atoms with Gasteiger partial charge in [0.25, 0.3) is 11.8 Å². The number of aryl methyl sites for hydroxylation is 1. The molecule has 1 radical (unpaired) electrons. The highest BCUT2D eigenvalue weighted by Gasteiger charge is 2.36. The number of hydrogen-bond acceptors (Lipinski definition) is 5. The molecule has 0 fully saturated rings. The summed E-state index contributed by atoms with van der Waals surface area (Å²) in [4.78, 5) is 40.0. The number of amides is 3. The highest BCUT2D eigenvalue weighted by atomic mass is 32.1. The van der Waals surface area contributed by atoms with Crippen LogP contribution in [0.1, 0.15) is 38.9 Å². The summed E-state index contributed by atoms with van der Waals surface area (Å²) in [7, 11) is 0. The van der Waals surface area contributed by atoms with Crippen LogP contribution in [-0.4, -0.2) is 50.2 Å². The minimum absolute atomic E-state index is 0.0944. The van der Waals surface area contributed by atoms with Crippen molar-refractivity contribution in [1.82, 2.24) is 30.8 Å². The van der Waals surface area contributed by atoms with Crippen molar-refractivity contribution in [3.05, 3.63) is 101 Å². The first-order chi connectivity index (χ1) is 18.5. The van der Waals surface area contributed by atoms with E-state index in [2.05, 4.69) is 27.3 Å². The summed E-state index contributed by atoms with van der Waals surface area (Å²) in [6.07, 6.45) is 1.16. The predicted octanol–water partition coefficient (Wildman–Crippen LogP) is 3.24. The molecular formula is C28H25N6O3S. The van der Waals surface area contributed by atoms with Gasteiger partial charge in [0.15, 0.2) is 5.11 Å². The molecule has 0 bridgehead atoms. The van der Waals surface area contributed by atoms with Crippen LogP contribution in [0.25, 0.3) is 10.9 Å². The van der Waals surface area contributed by atoms with Gasteiger partial charge in [-0.25, -0.2) is 10.2 Å². The fourth-order valence-corrected chi connectivity index (χ4v) is 4.77. The predicted molar refractivity (Wildman–Crippen MR) is 146 cm³/mol. The molecule has 3 aromatic carbocycles. The van der Waals surface area contributed by atoms with Crippen molar-refractivity contribution in [2.24, 2.45) is 0 Å². The number of hydrazine groups is 1. The Labute approximate surface area is 224 Å². The van der Waals surface area contributed by atoms with E-state index in [1.807, 2.05) is 37.3 Å². The maximum atomic E-state index is 12.9. The van der Waals surface area contributed by atoms with Crippen LogP contribution >= 0.6 is 12.2 Å². The lowest BCUT2D eigenvalue weighted by atomic mass is 10.1. The van der Waals surface area contributed by atoms with Crippen LogP contribution in [0.3, 0.4) is 0 Å². The van der Waals surface area contributed by atoms with Gasteiger partial charge in [0.05, 0.1) is 28.4 Å². The first-order valence-corrected chi connectivity index (χ1v) is 12.6. The average molecular weight is 526 g/mol. The van der Waals surface area contributed by atoms with Crippen LogP contribution in [0.4, 0.5) is 4.79 Å². The van der Waals surface area contributed by atoms with E-state index in [4.69, 9.17) is 12.2 Å². The standard InChI is InChI=1S/C28H25N6O3S/c1-2-23-22-14-8-9-15-24(22)34(32-23)28(37)31-30-27(38)29-19(16-18-10-4-3-5-11-18)17-33-25(35)20-12-6-7-13-21(20)26(33)36/h3-7,9-15,19H,2,16-17H2,1H3,(H,31,37)(H2,29,30,38)/t19-/m1/s1. The lowest BCUT2D eigenvalue weighted by Crippen LogP contribution is -2.54. The van der Waals surface area contributed by atoms with Crippen molar-refractivity contribution in [3.63, 3.8) is 0 Å². The van der Waals surface area contributed by atoms with Gasteiger partial charge in [-0.1, -0.05) is 55.5 Å². The molecule has 4 aromatic rings. The highest BCUT2D eigenvalue weighted by molar-refractivity contribution is 7.80. The van der Waals surface area contributed by atoms with Crippen LogP contribution < -0.4 is 16.2 Å². The molecule has 38 heavy (non-hydrogen) atoms. The maximum Gasteiger partial charge on any atom is 0.361 e. The lowest BCUT2D eigenvalue weighted by Gasteiger charge is -2.25. The first-order valence-electron chi connectivity index (χ1n) is 12.2. The van der Waals surface area contributed by atoms with E-state index >= 15 is 0 Å². The summed E-state index contributed by atoms with van der Waals surface area (Å²) >= 11 is 5.45. The van der Waals surface area contributed by atoms with Crippen molar-refractivity contribution in [2.75, 3.05) is 6.54 Å². The number of carbonyl (C=O) groups excluding carboxylic acids is 3. The summed E-state index contributed by atoms with van der Waals surface area (Å²) in [5.74, 6) is -0.681. The van der Waals surface area contributed by atoms with Gasteiger partial charge in [0, 0.05) is 11.9 Å². The summed E-state index contributed by atoms with van der Waals surface area (Å²) in [5.41, 5.74) is 8.51. The van der Waals surface area contributed by atoms with Crippen molar-refractivity contribution < 1.29 is 14.4 Å². The molecule has 0 aliphatic carbocycles. The van der Waals surface area contributed by atoms with Gasteiger partial charge < -0.3 is 5.32 Å². The molecule has 1 atom stereocenters. The van der Waals surface area contributed by atoms with Gasteiger partial charge in [-0.3, -0.25) is 19.9 Å². The minimum atomic E-state index is -0.509. The SMILES string of the molecule is CCc1nn(C(=O)NNC(=S)N[C@H](Cc2ccccc2)CN2C(=O)c3ccccc3C2=O)c2cc[c]cc12. The Hall–Kier alpha value is -4.57.